The second-order valence-corrected chi connectivity index (χ2v) is 6.29. The Balaban J connectivity index is 2.87. The van der Waals surface area contributed by atoms with Crippen molar-refractivity contribution in [2.45, 2.75) is 59.2 Å². The average molecular weight is 258 g/mol. The van der Waals surface area contributed by atoms with Crippen molar-refractivity contribution < 1.29 is 19.4 Å². The maximum atomic E-state index is 11.5. The highest BCUT2D eigenvalue weighted by molar-refractivity contribution is 5.69. The summed E-state index contributed by atoms with van der Waals surface area (Å²) >= 11 is 0. The van der Waals surface area contributed by atoms with E-state index in [1.54, 1.807) is 0 Å². The summed E-state index contributed by atoms with van der Waals surface area (Å²) in [7, 11) is 1.38. The second kappa shape index (κ2) is 5.57. The molecule has 1 aliphatic rings. The molecule has 0 aromatic rings. The molecule has 0 amide bonds. The van der Waals surface area contributed by atoms with Gasteiger partial charge in [0.1, 0.15) is 0 Å². The standard InChI is InChI=1S/C14H26O4/c1-6-18-11(7-12(16)17-5)14(4)9-13(2,3)8-10(14)15/h10-11,15H,6-9H2,1-5H3/t10-,11+,14-/m0/s1. The molecule has 1 fully saturated rings. The molecule has 0 radical (unpaired) electrons. The molecule has 4 heteroatoms. The summed E-state index contributed by atoms with van der Waals surface area (Å²) in [5.74, 6) is -0.286. The zero-order valence-corrected chi connectivity index (χ0v) is 12.2. The zero-order chi connectivity index (χ0) is 14.0. The Morgan fingerprint density at radius 3 is 2.44 bits per heavy atom. The van der Waals surface area contributed by atoms with Crippen molar-refractivity contribution in [1.82, 2.24) is 0 Å². The summed E-state index contributed by atoms with van der Waals surface area (Å²) in [6, 6.07) is 0. The first-order valence-corrected chi connectivity index (χ1v) is 6.61. The third kappa shape index (κ3) is 3.23. The van der Waals surface area contributed by atoms with Gasteiger partial charge in [-0.05, 0) is 25.2 Å². The number of hydrogen-bond donors (Lipinski definition) is 1. The Morgan fingerprint density at radius 1 is 1.44 bits per heavy atom. The van der Waals surface area contributed by atoms with Gasteiger partial charge in [-0.2, -0.15) is 0 Å². The highest BCUT2D eigenvalue weighted by atomic mass is 16.5. The average Bonchev–Trinajstić information content (AvgIpc) is 2.47. The fourth-order valence-corrected chi connectivity index (χ4v) is 3.22. The number of ether oxygens (including phenoxy) is 2. The number of hydrogen-bond acceptors (Lipinski definition) is 4. The molecule has 18 heavy (non-hydrogen) atoms. The van der Waals surface area contributed by atoms with E-state index in [-0.39, 0.29) is 29.3 Å². The van der Waals surface area contributed by atoms with Crippen LogP contribution in [0.2, 0.25) is 0 Å². The predicted molar refractivity (Wildman–Crippen MR) is 69.2 cm³/mol. The molecule has 0 bridgehead atoms. The van der Waals surface area contributed by atoms with Crippen LogP contribution in [0, 0.1) is 10.8 Å². The topological polar surface area (TPSA) is 55.8 Å². The van der Waals surface area contributed by atoms with Gasteiger partial charge in [-0.25, -0.2) is 0 Å². The summed E-state index contributed by atoms with van der Waals surface area (Å²) in [6.45, 7) is 8.73. The number of carbonyl (C=O) groups is 1. The van der Waals surface area contributed by atoms with Crippen LogP contribution in [0.1, 0.15) is 47.0 Å². The SMILES string of the molecule is CCO[C@H](CC(=O)OC)[C@@]1(C)CC(C)(C)C[C@@H]1O. The number of carbonyl (C=O) groups excluding carboxylic acids is 1. The van der Waals surface area contributed by atoms with Gasteiger partial charge >= 0.3 is 5.97 Å². The predicted octanol–water partition coefficient (Wildman–Crippen LogP) is 2.14. The van der Waals surface area contributed by atoms with Crippen molar-refractivity contribution in [3.05, 3.63) is 0 Å². The molecule has 0 aromatic heterocycles. The highest BCUT2D eigenvalue weighted by Crippen LogP contribution is 2.52. The quantitative estimate of drug-likeness (QED) is 0.768. The highest BCUT2D eigenvalue weighted by Gasteiger charge is 2.52. The Kier molecular flexibility index (Phi) is 4.78. The number of rotatable bonds is 5. The van der Waals surface area contributed by atoms with E-state index in [0.29, 0.717) is 6.61 Å². The maximum absolute atomic E-state index is 11.5. The molecule has 1 N–H and O–H groups in total. The van der Waals surface area contributed by atoms with Gasteiger partial charge < -0.3 is 14.6 Å². The lowest BCUT2D eigenvalue weighted by Gasteiger charge is -2.36. The van der Waals surface area contributed by atoms with E-state index in [0.717, 1.165) is 12.8 Å². The Morgan fingerprint density at radius 2 is 2.06 bits per heavy atom. The molecule has 1 rings (SSSR count). The van der Waals surface area contributed by atoms with Crippen LogP contribution in [-0.2, 0) is 14.3 Å². The van der Waals surface area contributed by atoms with Gasteiger partial charge in [0.05, 0.1) is 25.7 Å². The van der Waals surface area contributed by atoms with Crippen molar-refractivity contribution in [1.29, 1.82) is 0 Å². The van der Waals surface area contributed by atoms with Crippen molar-refractivity contribution in [2.75, 3.05) is 13.7 Å². The monoisotopic (exact) mass is 258 g/mol. The number of aliphatic hydroxyl groups is 1. The third-order valence-electron chi connectivity index (χ3n) is 4.05. The molecule has 0 unspecified atom stereocenters. The molecule has 0 aliphatic heterocycles. The van der Waals surface area contributed by atoms with Crippen molar-refractivity contribution >= 4 is 5.97 Å². The minimum Gasteiger partial charge on any atom is -0.469 e. The first kappa shape index (κ1) is 15.4. The van der Waals surface area contributed by atoms with E-state index in [9.17, 15) is 9.90 Å². The van der Waals surface area contributed by atoms with Crippen LogP contribution >= 0.6 is 0 Å². The second-order valence-electron chi connectivity index (χ2n) is 6.29. The largest absolute Gasteiger partial charge is 0.469 e. The summed E-state index contributed by atoms with van der Waals surface area (Å²) in [5, 5.41) is 10.3. The smallest absolute Gasteiger partial charge is 0.308 e. The fraction of sp³-hybridized carbons (Fsp3) is 0.929. The number of esters is 1. The van der Waals surface area contributed by atoms with Gasteiger partial charge in [-0.3, -0.25) is 4.79 Å². The summed E-state index contributed by atoms with van der Waals surface area (Å²) in [6.07, 6.45) is 1.07. The molecule has 106 valence electrons. The van der Waals surface area contributed by atoms with E-state index in [1.165, 1.54) is 7.11 Å². The summed E-state index contributed by atoms with van der Waals surface area (Å²) in [4.78, 5) is 11.5. The first-order valence-electron chi connectivity index (χ1n) is 6.61. The lowest BCUT2D eigenvalue weighted by molar-refractivity contribution is -0.149. The molecule has 0 aromatic carbocycles. The fourth-order valence-electron chi connectivity index (χ4n) is 3.22. The van der Waals surface area contributed by atoms with E-state index in [2.05, 4.69) is 13.8 Å². The van der Waals surface area contributed by atoms with Crippen LogP contribution in [0.4, 0.5) is 0 Å². The molecule has 4 nitrogen and oxygen atoms in total. The summed E-state index contributed by atoms with van der Waals surface area (Å²) < 4.78 is 10.4. The molecule has 0 heterocycles. The normalized spacial score (nSPS) is 32.2. The lowest BCUT2D eigenvalue weighted by Crippen LogP contribution is -2.42. The molecular formula is C14H26O4. The Bertz CT molecular complexity index is 300. The lowest BCUT2D eigenvalue weighted by atomic mass is 9.76. The van der Waals surface area contributed by atoms with E-state index in [1.807, 2.05) is 13.8 Å². The van der Waals surface area contributed by atoms with Crippen molar-refractivity contribution in [2.24, 2.45) is 10.8 Å². The van der Waals surface area contributed by atoms with Gasteiger partial charge in [0, 0.05) is 12.0 Å². The molecule has 0 saturated heterocycles. The van der Waals surface area contributed by atoms with Crippen molar-refractivity contribution in [3.8, 4) is 0 Å². The summed E-state index contributed by atoms with van der Waals surface area (Å²) in [5.41, 5.74) is -0.298. The van der Waals surface area contributed by atoms with Crippen LogP contribution in [0.5, 0.6) is 0 Å². The third-order valence-corrected chi connectivity index (χ3v) is 4.05. The van der Waals surface area contributed by atoms with Crippen LogP contribution in [0.3, 0.4) is 0 Å². The molecule has 0 spiro atoms. The minimum absolute atomic E-state index is 0.0830. The van der Waals surface area contributed by atoms with Crippen LogP contribution in [0.15, 0.2) is 0 Å². The van der Waals surface area contributed by atoms with Crippen molar-refractivity contribution in [3.63, 3.8) is 0 Å². The molecule has 1 aliphatic carbocycles. The van der Waals surface area contributed by atoms with Gasteiger partial charge in [0.2, 0.25) is 0 Å². The van der Waals surface area contributed by atoms with Gasteiger partial charge in [-0.15, -0.1) is 0 Å². The molecular weight excluding hydrogens is 232 g/mol. The Hall–Kier alpha value is -0.610. The maximum Gasteiger partial charge on any atom is 0.308 e. The van der Waals surface area contributed by atoms with E-state index >= 15 is 0 Å². The van der Waals surface area contributed by atoms with Gasteiger partial charge in [0.25, 0.3) is 0 Å². The molecule has 1 saturated carbocycles. The zero-order valence-electron chi connectivity index (χ0n) is 12.2. The van der Waals surface area contributed by atoms with E-state index in [4.69, 9.17) is 9.47 Å². The first-order chi connectivity index (χ1) is 8.25. The van der Waals surface area contributed by atoms with Crippen LogP contribution in [0.25, 0.3) is 0 Å². The minimum atomic E-state index is -0.436. The Labute approximate surface area is 110 Å². The number of methoxy groups -OCH3 is 1. The van der Waals surface area contributed by atoms with Crippen LogP contribution in [-0.4, -0.2) is 37.0 Å². The van der Waals surface area contributed by atoms with Crippen LogP contribution < -0.4 is 0 Å². The van der Waals surface area contributed by atoms with E-state index < -0.39 is 6.10 Å². The molecule has 3 atom stereocenters. The van der Waals surface area contributed by atoms with Gasteiger partial charge in [0.15, 0.2) is 0 Å². The van der Waals surface area contributed by atoms with Gasteiger partial charge in [-0.1, -0.05) is 20.8 Å². The number of aliphatic hydroxyl groups excluding tert-OH is 1.